The predicted octanol–water partition coefficient (Wildman–Crippen LogP) is 2.00. The molecule has 0 unspecified atom stereocenters. The molecule has 0 radical (unpaired) electrons. The van der Waals surface area contributed by atoms with Gasteiger partial charge in [0.15, 0.2) is 0 Å². The van der Waals surface area contributed by atoms with Gasteiger partial charge >= 0.3 is 11.9 Å². The highest BCUT2D eigenvalue weighted by molar-refractivity contribution is 5.89. The van der Waals surface area contributed by atoms with Crippen LogP contribution in [0.5, 0.6) is 0 Å². The average molecular weight is 291 g/mol. The number of esters is 2. The fourth-order valence-corrected chi connectivity index (χ4v) is 2.73. The highest BCUT2D eigenvalue weighted by atomic mass is 16.5. The van der Waals surface area contributed by atoms with E-state index in [1.165, 1.54) is 14.2 Å². The maximum absolute atomic E-state index is 11.9. The fraction of sp³-hybridized carbons (Fsp3) is 0.500. The Balaban J connectivity index is 2.12. The van der Waals surface area contributed by atoms with E-state index in [4.69, 9.17) is 9.47 Å². The van der Waals surface area contributed by atoms with Crippen molar-refractivity contribution in [1.82, 2.24) is 4.90 Å². The van der Waals surface area contributed by atoms with Crippen LogP contribution in [0.15, 0.2) is 24.3 Å². The molecule has 1 aliphatic rings. The summed E-state index contributed by atoms with van der Waals surface area (Å²) >= 11 is 0. The van der Waals surface area contributed by atoms with Crippen molar-refractivity contribution in [3.05, 3.63) is 35.4 Å². The lowest BCUT2D eigenvalue weighted by Crippen LogP contribution is -2.44. The van der Waals surface area contributed by atoms with E-state index >= 15 is 0 Å². The number of piperidine rings is 1. The van der Waals surface area contributed by atoms with Crippen molar-refractivity contribution in [1.29, 1.82) is 0 Å². The summed E-state index contributed by atoms with van der Waals surface area (Å²) in [5.74, 6) is -0.529. The number of rotatable bonds is 4. The summed E-state index contributed by atoms with van der Waals surface area (Å²) in [7, 11) is 2.79. The van der Waals surface area contributed by atoms with Crippen molar-refractivity contribution in [2.45, 2.75) is 31.8 Å². The van der Waals surface area contributed by atoms with Gasteiger partial charge in [-0.15, -0.1) is 0 Å². The van der Waals surface area contributed by atoms with Gasteiger partial charge in [-0.05, 0) is 37.1 Å². The van der Waals surface area contributed by atoms with Crippen LogP contribution in [0.3, 0.4) is 0 Å². The van der Waals surface area contributed by atoms with Gasteiger partial charge in [0.2, 0.25) is 0 Å². The number of likely N-dealkylation sites (tertiary alicyclic amines) is 1. The summed E-state index contributed by atoms with van der Waals surface area (Å²) in [5, 5.41) is 0. The number of hydrogen-bond acceptors (Lipinski definition) is 5. The van der Waals surface area contributed by atoms with Gasteiger partial charge in [0.05, 0.1) is 19.8 Å². The first-order chi connectivity index (χ1) is 10.2. The number of benzene rings is 1. The highest BCUT2D eigenvalue weighted by Gasteiger charge is 2.29. The molecular weight excluding hydrogens is 270 g/mol. The van der Waals surface area contributed by atoms with Gasteiger partial charge in [-0.2, -0.15) is 0 Å². The van der Waals surface area contributed by atoms with Crippen molar-refractivity contribution >= 4 is 11.9 Å². The number of hydrogen-bond donors (Lipinski definition) is 0. The third-order valence-corrected chi connectivity index (χ3v) is 3.82. The summed E-state index contributed by atoms with van der Waals surface area (Å²) in [6, 6.07) is 7.14. The van der Waals surface area contributed by atoms with Crippen molar-refractivity contribution in [2.24, 2.45) is 0 Å². The van der Waals surface area contributed by atoms with E-state index in [-0.39, 0.29) is 18.0 Å². The van der Waals surface area contributed by atoms with E-state index in [0.717, 1.165) is 31.4 Å². The number of carbonyl (C=O) groups is 2. The third kappa shape index (κ3) is 3.82. The SMILES string of the molecule is COC(=O)c1cccc(CN2CCCC[C@@H]2C(=O)OC)c1. The molecule has 1 aromatic carbocycles. The van der Waals surface area contributed by atoms with E-state index in [2.05, 4.69) is 4.90 Å². The second-order valence-electron chi connectivity index (χ2n) is 5.20. The van der Waals surface area contributed by atoms with E-state index in [0.29, 0.717) is 12.1 Å². The molecule has 21 heavy (non-hydrogen) atoms. The molecule has 1 aromatic rings. The Morgan fingerprint density at radius 1 is 1.24 bits per heavy atom. The summed E-state index contributed by atoms with van der Waals surface area (Å²) in [6.07, 6.45) is 2.94. The minimum atomic E-state index is -0.347. The molecule has 5 nitrogen and oxygen atoms in total. The topological polar surface area (TPSA) is 55.8 Å². The van der Waals surface area contributed by atoms with Crippen LogP contribution in [0.4, 0.5) is 0 Å². The minimum Gasteiger partial charge on any atom is -0.468 e. The van der Waals surface area contributed by atoms with Gasteiger partial charge in [-0.1, -0.05) is 18.6 Å². The maximum atomic E-state index is 11.9. The van der Waals surface area contributed by atoms with Crippen LogP contribution in [0.2, 0.25) is 0 Å². The quantitative estimate of drug-likeness (QED) is 0.794. The number of methoxy groups -OCH3 is 2. The summed E-state index contributed by atoms with van der Waals surface area (Å²) in [6.45, 7) is 1.49. The molecule has 0 aromatic heterocycles. The second-order valence-corrected chi connectivity index (χ2v) is 5.20. The van der Waals surface area contributed by atoms with Crippen molar-refractivity contribution in [3.8, 4) is 0 Å². The van der Waals surface area contributed by atoms with Crippen LogP contribution in [0.1, 0.15) is 35.2 Å². The number of ether oxygens (including phenoxy) is 2. The van der Waals surface area contributed by atoms with Crippen LogP contribution in [0.25, 0.3) is 0 Å². The molecule has 1 saturated heterocycles. The summed E-state index contributed by atoms with van der Waals surface area (Å²) in [4.78, 5) is 25.5. The molecule has 0 N–H and O–H groups in total. The van der Waals surface area contributed by atoms with E-state index in [9.17, 15) is 9.59 Å². The lowest BCUT2D eigenvalue weighted by molar-refractivity contribution is -0.148. The first-order valence-corrected chi connectivity index (χ1v) is 7.15. The lowest BCUT2D eigenvalue weighted by Gasteiger charge is -2.33. The second kappa shape index (κ2) is 7.22. The molecule has 1 aliphatic heterocycles. The zero-order chi connectivity index (χ0) is 15.2. The Bertz CT molecular complexity index is 515. The van der Waals surface area contributed by atoms with Gasteiger partial charge in [0, 0.05) is 6.54 Å². The van der Waals surface area contributed by atoms with Crippen molar-refractivity contribution in [2.75, 3.05) is 20.8 Å². The van der Waals surface area contributed by atoms with Crippen LogP contribution < -0.4 is 0 Å². The molecule has 5 heteroatoms. The lowest BCUT2D eigenvalue weighted by atomic mass is 10.0. The van der Waals surface area contributed by atoms with E-state index < -0.39 is 0 Å². The third-order valence-electron chi connectivity index (χ3n) is 3.82. The maximum Gasteiger partial charge on any atom is 0.337 e. The smallest absolute Gasteiger partial charge is 0.337 e. The molecule has 0 saturated carbocycles. The van der Waals surface area contributed by atoms with Crippen LogP contribution in [0, 0.1) is 0 Å². The Morgan fingerprint density at radius 3 is 2.76 bits per heavy atom. The van der Waals surface area contributed by atoms with Gasteiger partial charge < -0.3 is 9.47 Å². The molecule has 114 valence electrons. The molecule has 0 aliphatic carbocycles. The molecule has 0 amide bonds. The van der Waals surface area contributed by atoms with Crippen LogP contribution in [-0.2, 0) is 20.8 Å². The first-order valence-electron chi connectivity index (χ1n) is 7.15. The molecule has 0 bridgehead atoms. The van der Waals surface area contributed by atoms with E-state index in [1.807, 2.05) is 18.2 Å². The van der Waals surface area contributed by atoms with Gasteiger partial charge in [0.25, 0.3) is 0 Å². The monoisotopic (exact) mass is 291 g/mol. The van der Waals surface area contributed by atoms with Gasteiger partial charge in [-0.25, -0.2) is 4.79 Å². The minimum absolute atomic E-state index is 0.182. The largest absolute Gasteiger partial charge is 0.468 e. The standard InChI is InChI=1S/C16H21NO4/c1-20-15(18)13-7-5-6-12(10-13)11-17-9-4-3-8-14(17)16(19)21-2/h5-7,10,14H,3-4,8-9,11H2,1-2H3/t14-/m1/s1. The first kappa shape index (κ1) is 15.5. The Morgan fingerprint density at radius 2 is 2.05 bits per heavy atom. The number of carbonyl (C=O) groups excluding carboxylic acids is 2. The zero-order valence-electron chi connectivity index (χ0n) is 12.5. The van der Waals surface area contributed by atoms with Crippen molar-refractivity contribution in [3.63, 3.8) is 0 Å². The molecule has 1 atom stereocenters. The number of nitrogens with zero attached hydrogens (tertiary/aromatic N) is 1. The summed E-state index contributed by atoms with van der Waals surface area (Å²) < 4.78 is 9.61. The Hall–Kier alpha value is -1.88. The fourth-order valence-electron chi connectivity index (χ4n) is 2.73. The zero-order valence-corrected chi connectivity index (χ0v) is 12.5. The predicted molar refractivity (Wildman–Crippen MR) is 77.8 cm³/mol. The molecule has 1 heterocycles. The van der Waals surface area contributed by atoms with Crippen LogP contribution in [-0.4, -0.2) is 43.6 Å². The van der Waals surface area contributed by atoms with Gasteiger partial charge in [0.1, 0.15) is 6.04 Å². The molecule has 0 spiro atoms. The Labute approximate surface area is 124 Å². The molecule has 2 rings (SSSR count). The average Bonchev–Trinajstić information content (AvgIpc) is 2.54. The van der Waals surface area contributed by atoms with Crippen molar-refractivity contribution < 1.29 is 19.1 Å². The van der Waals surface area contributed by atoms with E-state index in [1.54, 1.807) is 6.07 Å². The molecule has 1 fully saturated rings. The van der Waals surface area contributed by atoms with Crippen LogP contribution >= 0.6 is 0 Å². The Kier molecular flexibility index (Phi) is 5.33. The normalized spacial score (nSPS) is 19.0. The van der Waals surface area contributed by atoms with Gasteiger partial charge in [-0.3, -0.25) is 9.69 Å². The molecular formula is C16H21NO4. The summed E-state index contributed by atoms with van der Waals surface area (Å²) in [5.41, 5.74) is 1.52. The highest BCUT2D eigenvalue weighted by Crippen LogP contribution is 2.21.